The number of hydrogen-bond donors (Lipinski definition) is 2. The Kier molecular flexibility index (Phi) is 4.71. The minimum atomic E-state index is -0.454. The number of carbonyl (C=O) groups excluding carboxylic acids is 2. The molecular formula is C19H19BrN2O2. The van der Waals surface area contributed by atoms with E-state index in [1.807, 2.05) is 36.4 Å². The van der Waals surface area contributed by atoms with Crippen LogP contribution < -0.4 is 10.6 Å². The zero-order valence-electron chi connectivity index (χ0n) is 13.4. The lowest BCUT2D eigenvalue weighted by atomic mass is 9.64. The van der Waals surface area contributed by atoms with E-state index >= 15 is 0 Å². The Balaban J connectivity index is 1.80. The van der Waals surface area contributed by atoms with Gasteiger partial charge in [-0.2, -0.15) is 0 Å². The monoisotopic (exact) mass is 386 g/mol. The number of hydrogen-bond acceptors (Lipinski definition) is 2. The second-order valence-electron chi connectivity index (χ2n) is 6.16. The molecule has 0 aromatic heterocycles. The molecule has 0 bridgehead atoms. The van der Waals surface area contributed by atoms with Crippen LogP contribution in [0.25, 0.3) is 0 Å². The van der Waals surface area contributed by atoms with E-state index in [0.717, 1.165) is 29.3 Å². The summed E-state index contributed by atoms with van der Waals surface area (Å²) in [5.41, 5.74) is 1.96. The molecule has 1 aliphatic carbocycles. The molecule has 2 aromatic carbocycles. The van der Waals surface area contributed by atoms with Crippen LogP contribution in [0.2, 0.25) is 0 Å². The number of halogens is 1. The number of amides is 2. The van der Waals surface area contributed by atoms with Crippen LogP contribution in [0.3, 0.4) is 0 Å². The Morgan fingerprint density at radius 3 is 2.17 bits per heavy atom. The summed E-state index contributed by atoms with van der Waals surface area (Å²) < 4.78 is 1.00. The first-order chi connectivity index (χ1) is 11.5. The quantitative estimate of drug-likeness (QED) is 0.814. The van der Waals surface area contributed by atoms with Crippen LogP contribution in [0.15, 0.2) is 53.0 Å². The summed E-state index contributed by atoms with van der Waals surface area (Å²) in [6.07, 6.45) is 2.76. The van der Waals surface area contributed by atoms with Gasteiger partial charge in [0.25, 0.3) is 0 Å². The zero-order valence-corrected chi connectivity index (χ0v) is 15.0. The van der Waals surface area contributed by atoms with Gasteiger partial charge in [-0.25, -0.2) is 0 Å². The molecule has 0 saturated heterocycles. The second kappa shape index (κ2) is 6.77. The van der Waals surface area contributed by atoms with E-state index in [9.17, 15) is 9.59 Å². The van der Waals surface area contributed by atoms with Gasteiger partial charge < -0.3 is 10.6 Å². The van der Waals surface area contributed by atoms with Gasteiger partial charge in [-0.15, -0.1) is 0 Å². The van der Waals surface area contributed by atoms with Gasteiger partial charge in [0.1, 0.15) is 0 Å². The highest BCUT2D eigenvalue weighted by molar-refractivity contribution is 9.10. The highest BCUT2D eigenvalue weighted by Crippen LogP contribution is 2.44. The van der Waals surface area contributed by atoms with Crippen molar-refractivity contribution in [2.45, 2.75) is 31.6 Å². The lowest BCUT2D eigenvalue weighted by Gasteiger charge is -2.40. The molecule has 1 aliphatic rings. The molecular weight excluding hydrogens is 368 g/mol. The van der Waals surface area contributed by atoms with Gasteiger partial charge in [0, 0.05) is 22.8 Å². The molecule has 1 saturated carbocycles. The average molecular weight is 387 g/mol. The molecule has 0 heterocycles. The van der Waals surface area contributed by atoms with E-state index in [2.05, 4.69) is 26.6 Å². The normalized spacial score (nSPS) is 15.2. The minimum Gasteiger partial charge on any atom is -0.326 e. The van der Waals surface area contributed by atoms with E-state index in [4.69, 9.17) is 0 Å². The van der Waals surface area contributed by atoms with Crippen LogP contribution in [0.4, 0.5) is 11.4 Å². The lowest BCUT2D eigenvalue weighted by Crippen LogP contribution is -2.46. The van der Waals surface area contributed by atoms with E-state index in [-0.39, 0.29) is 11.8 Å². The largest absolute Gasteiger partial charge is 0.326 e. The molecule has 2 amide bonds. The molecule has 24 heavy (non-hydrogen) atoms. The summed E-state index contributed by atoms with van der Waals surface area (Å²) in [5.74, 6) is -0.125. The predicted octanol–water partition coefficient (Wildman–Crippen LogP) is 4.47. The molecule has 0 unspecified atom stereocenters. The Morgan fingerprint density at radius 1 is 1.00 bits per heavy atom. The van der Waals surface area contributed by atoms with Gasteiger partial charge in [-0.05, 0) is 48.7 Å². The van der Waals surface area contributed by atoms with Gasteiger partial charge in [-0.3, -0.25) is 9.59 Å². The van der Waals surface area contributed by atoms with Crippen LogP contribution in [0.5, 0.6) is 0 Å². The van der Waals surface area contributed by atoms with Crippen molar-refractivity contribution in [3.05, 3.63) is 58.6 Å². The van der Waals surface area contributed by atoms with E-state index in [0.29, 0.717) is 11.4 Å². The van der Waals surface area contributed by atoms with E-state index < -0.39 is 5.41 Å². The highest BCUT2D eigenvalue weighted by Gasteiger charge is 2.45. The summed E-state index contributed by atoms with van der Waals surface area (Å²) in [6.45, 7) is 1.46. The van der Waals surface area contributed by atoms with Crippen molar-refractivity contribution >= 4 is 39.1 Å². The molecule has 0 aliphatic heterocycles. The van der Waals surface area contributed by atoms with Crippen LogP contribution in [0, 0.1) is 0 Å². The van der Waals surface area contributed by atoms with Crippen molar-refractivity contribution in [1.29, 1.82) is 0 Å². The topological polar surface area (TPSA) is 58.2 Å². The summed E-state index contributed by atoms with van der Waals surface area (Å²) >= 11 is 3.44. The Morgan fingerprint density at radius 2 is 1.62 bits per heavy atom. The molecule has 0 radical (unpaired) electrons. The number of nitrogens with one attached hydrogen (secondary N) is 2. The third kappa shape index (κ3) is 3.36. The second-order valence-corrected chi connectivity index (χ2v) is 7.07. The zero-order chi connectivity index (χ0) is 17.2. The summed E-state index contributed by atoms with van der Waals surface area (Å²) in [6, 6.07) is 15.2. The first kappa shape index (κ1) is 16.7. The van der Waals surface area contributed by atoms with Gasteiger partial charge in [0.05, 0.1) is 5.41 Å². The summed E-state index contributed by atoms with van der Waals surface area (Å²) in [7, 11) is 0. The van der Waals surface area contributed by atoms with Crippen molar-refractivity contribution in [2.24, 2.45) is 0 Å². The first-order valence-corrected chi connectivity index (χ1v) is 8.74. The molecule has 2 N–H and O–H groups in total. The molecule has 4 nitrogen and oxygen atoms in total. The Labute approximate surface area is 149 Å². The molecule has 0 atom stereocenters. The van der Waals surface area contributed by atoms with Crippen LogP contribution in [-0.4, -0.2) is 11.8 Å². The lowest BCUT2D eigenvalue weighted by molar-refractivity contribution is -0.124. The van der Waals surface area contributed by atoms with Crippen LogP contribution in [0.1, 0.15) is 31.7 Å². The molecule has 3 rings (SSSR count). The fourth-order valence-corrected chi connectivity index (χ4v) is 3.34. The van der Waals surface area contributed by atoms with Crippen molar-refractivity contribution in [3.63, 3.8) is 0 Å². The number of anilines is 2. The van der Waals surface area contributed by atoms with Gasteiger partial charge in [-0.1, -0.05) is 40.5 Å². The van der Waals surface area contributed by atoms with E-state index in [1.54, 1.807) is 12.1 Å². The molecule has 2 aromatic rings. The fraction of sp³-hybridized carbons (Fsp3) is 0.263. The number of rotatable bonds is 4. The van der Waals surface area contributed by atoms with Crippen LogP contribution >= 0.6 is 15.9 Å². The van der Waals surface area contributed by atoms with Gasteiger partial charge in [0.15, 0.2) is 0 Å². The van der Waals surface area contributed by atoms with Gasteiger partial charge >= 0.3 is 0 Å². The number of benzene rings is 2. The third-order valence-corrected chi connectivity index (χ3v) is 5.01. The SMILES string of the molecule is CC(=O)Nc1cccc(NC(=O)C2(c3ccc(Br)cc3)CCC2)c1. The predicted molar refractivity (Wildman–Crippen MR) is 99.0 cm³/mol. The summed E-state index contributed by atoms with van der Waals surface area (Å²) in [4.78, 5) is 24.1. The van der Waals surface area contributed by atoms with Crippen molar-refractivity contribution < 1.29 is 9.59 Å². The maximum atomic E-state index is 12.9. The Bertz CT molecular complexity index is 767. The molecule has 124 valence electrons. The molecule has 0 spiro atoms. The van der Waals surface area contributed by atoms with Crippen molar-refractivity contribution in [1.82, 2.24) is 0 Å². The van der Waals surface area contributed by atoms with E-state index in [1.165, 1.54) is 6.92 Å². The van der Waals surface area contributed by atoms with Crippen molar-refractivity contribution in [3.8, 4) is 0 Å². The fourth-order valence-electron chi connectivity index (χ4n) is 3.07. The van der Waals surface area contributed by atoms with Crippen molar-refractivity contribution in [2.75, 3.05) is 10.6 Å². The maximum Gasteiger partial charge on any atom is 0.235 e. The third-order valence-electron chi connectivity index (χ3n) is 4.48. The number of carbonyl (C=O) groups is 2. The maximum absolute atomic E-state index is 12.9. The average Bonchev–Trinajstić information content (AvgIpc) is 2.47. The minimum absolute atomic E-state index is 0.0102. The van der Waals surface area contributed by atoms with Crippen LogP contribution in [-0.2, 0) is 15.0 Å². The summed E-state index contributed by atoms with van der Waals surface area (Å²) in [5, 5.41) is 5.74. The highest BCUT2D eigenvalue weighted by atomic mass is 79.9. The molecule has 5 heteroatoms. The molecule has 1 fully saturated rings. The van der Waals surface area contributed by atoms with Gasteiger partial charge in [0.2, 0.25) is 11.8 Å². The smallest absolute Gasteiger partial charge is 0.235 e. The first-order valence-electron chi connectivity index (χ1n) is 7.95. The Hall–Kier alpha value is -2.14. The standard InChI is InChI=1S/C19H19BrN2O2/c1-13(23)21-16-4-2-5-17(12-16)22-18(24)19(10-3-11-19)14-6-8-15(20)9-7-14/h2,4-9,12H,3,10-11H2,1H3,(H,21,23)(H,22,24).